The van der Waals surface area contributed by atoms with Crippen molar-refractivity contribution in [3.63, 3.8) is 0 Å². The molecule has 114 valence electrons. The predicted molar refractivity (Wildman–Crippen MR) is 89.0 cm³/mol. The number of carbonyl (C=O) groups excluding carboxylic acids is 1. The highest BCUT2D eigenvalue weighted by atomic mass is 19.1. The average Bonchev–Trinajstić information content (AvgIpc) is 2.59. The molecule has 3 rings (SSSR count). The Hall–Kier alpha value is -3.01. The fraction of sp³-hybridized carbons (Fsp3) is 0.0526. The molecule has 1 aromatic heterocycles. The quantitative estimate of drug-likeness (QED) is 0.747. The fourth-order valence-corrected chi connectivity index (χ4v) is 2.19. The first-order valence-corrected chi connectivity index (χ1v) is 7.27. The third-order valence-electron chi connectivity index (χ3n) is 3.41. The van der Waals surface area contributed by atoms with Gasteiger partial charge < -0.3 is 5.32 Å². The average molecular weight is 306 g/mol. The second-order valence-electron chi connectivity index (χ2n) is 5.11. The Bertz CT molecular complexity index is 857. The van der Waals surface area contributed by atoms with Crippen LogP contribution >= 0.6 is 0 Å². The van der Waals surface area contributed by atoms with Gasteiger partial charge in [0.2, 0.25) is 5.91 Å². The van der Waals surface area contributed by atoms with Crippen LogP contribution in [0.1, 0.15) is 11.3 Å². The molecular formula is C19H15FN2O. The van der Waals surface area contributed by atoms with Crippen LogP contribution < -0.4 is 5.32 Å². The predicted octanol–water partition coefficient (Wildman–Crippen LogP) is 3.70. The van der Waals surface area contributed by atoms with Crippen LogP contribution in [0.5, 0.6) is 0 Å². The summed E-state index contributed by atoms with van der Waals surface area (Å²) >= 11 is 0. The zero-order chi connectivity index (χ0) is 16.1. The van der Waals surface area contributed by atoms with Gasteiger partial charge in [0, 0.05) is 18.0 Å². The van der Waals surface area contributed by atoms with E-state index < -0.39 is 0 Å². The normalized spacial score (nSPS) is 11.0. The molecule has 0 spiro atoms. The smallest absolute Gasteiger partial charge is 0.244 e. The largest absolute Gasteiger partial charge is 0.348 e. The number of halogens is 1. The van der Waals surface area contributed by atoms with Crippen molar-refractivity contribution in [2.75, 3.05) is 0 Å². The summed E-state index contributed by atoms with van der Waals surface area (Å²) in [5, 5.41) is 3.81. The van der Waals surface area contributed by atoms with E-state index in [0.29, 0.717) is 6.54 Å². The monoisotopic (exact) mass is 306 g/mol. The van der Waals surface area contributed by atoms with Crippen molar-refractivity contribution < 1.29 is 9.18 Å². The summed E-state index contributed by atoms with van der Waals surface area (Å²) in [6.45, 7) is 0.356. The van der Waals surface area contributed by atoms with Gasteiger partial charge in [0.15, 0.2) is 0 Å². The first-order chi connectivity index (χ1) is 11.2. The van der Waals surface area contributed by atoms with Crippen LogP contribution in [0.3, 0.4) is 0 Å². The summed E-state index contributed by atoms with van der Waals surface area (Å²) in [6, 6.07) is 17.7. The number of nitrogens with one attached hydrogen (secondary N) is 1. The lowest BCUT2D eigenvalue weighted by Crippen LogP contribution is -2.20. The van der Waals surface area contributed by atoms with E-state index in [-0.39, 0.29) is 11.7 Å². The minimum atomic E-state index is -0.289. The Morgan fingerprint density at radius 3 is 2.65 bits per heavy atom. The number of pyridine rings is 1. The molecule has 0 atom stereocenters. The van der Waals surface area contributed by atoms with Crippen LogP contribution in [0.2, 0.25) is 0 Å². The molecule has 0 radical (unpaired) electrons. The van der Waals surface area contributed by atoms with Crippen LogP contribution in [0.4, 0.5) is 4.39 Å². The summed E-state index contributed by atoms with van der Waals surface area (Å²) in [7, 11) is 0. The van der Waals surface area contributed by atoms with Crippen molar-refractivity contribution in [3.8, 4) is 0 Å². The van der Waals surface area contributed by atoms with E-state index in [1.807, 2.05) is 36.4 Å². The van der Waals surface area contributed by atoms with Gasteiger partial charge in [-0.2, -0.15) is 0 Å². The summed E-state index contributed by atoms with van der Waals surface area (Å²) in [5.41, 5.74) is 2.46. The summed E-state index contributed by atoms with van der Waals surface area (Å²) in [6.07, 6.45) is 3.12. The molecule has 4 heteroatoms. The minimum Gasteiger partial charge on any atom is -0.348 e. The standard InChI is InChI=1S/C19H15FN2O/c20-16-8-5-14(6-9-16)13-21-19(23)12-11-17-10-7-15-3-1-2-4-18(15)22-17/h1-12H,13H2,(H,21,23). The third kappa shape index (κ3) is 4.01. The molecule has 0 saturated carbocycles. The van der Waals surface area contributed by atoms with Crippen molar-refractivity contribution in [1.29, 1.82) is 0 Å². The van der Waals surface area contributed by atoms with Gasteiger partial charge in [-0.1, -0.05) is 36.4 Å². The maximum absolute atomic E-state index is 12.8. The summed E-state index contributed by atoms with van der Waals surface area (Å²) in [5.74, 6) is -0.508. The van der Waals surface area contributed by atoms with E-state index in [0.717, 1.165) is 22.2 Å². The van der Waals surface area contributed by atoms with Crippen molar-refractivity contribution >= 4 is 22.9 Å². The van der Waals surface area contributed by atoms with E-state index in [1.54, 1.807) is 18.2 Å². The highest BCUT2D eigenvalue weighted by Gasteiger charge is 1.99. The molecule has 0 aliphatic rings. The molecule has 0 fully saturated rings. The molecule has 0 aliphatic carbocycles. The van der Waals surface area contributed by atoms with Crippen molar-refractivity contribution in [3.05, 3.63) is 83.8 Å². The van der Waals surface area contributed by atoms with E-state index in [9.17, 15) is 9.18 Å². The van der Waals surface area contributed by atoms with Crippen molar-refractivity contribution in [2.24, 2.45) is 0 Å². The number of aromatic nitrogens is 1. The molecule has 0 bridgehead atoms. The number of amides is 1. The van der Waals surface area contributed by atoms with Crippen molar-refractivity contribution in [1.82, 2.24) is 10.3 Å². The number of fused-ring (bicyclic) bond motifs is 1. The van der Waals surface area contributed by atoms with Gasteiger partial charge in [-0.25, -0.2) is 9.37 Å². The van der Waals surface area contributed by atoms with E-state index in [1.165, 1.54) is 18.2 Å². The lowest BCUT2D eigenvalue weighted by molar-refractivity contribution is -0.116. The molecule has 23 heavy (non-hydrogen) atoms. The van der Waals surface area contributed by atoms with E-state index in [2.05, 4.69) is 10.3 Å². The molecule has 1 N–H and O–H groups in total. The first kappa shape index (κ1) is 14.9. The van der Waals surface area contributed by atoms with Gasteiger partial charge in [0.1, 0.15) is 5.82 Å². The molecule has 1 heterocycles. The molecule has 1 amide bonds. The fourth-order valence-electron chi connectivity index (χ4n) is 2.19. The molecule has 3 aromatic rings. The van der Waals surface area contributed by atoms with Gasteiger partial charge in [0.05, 0.1) is 11.2 Å². The van der Waals surface area contributed by atoms with Gasteiger partial charge in [-0.3, -0.25) is 4.79 Å². The molecule has 0 aliphatic heterocycles. The van der Waals surface area contributed by atoms with Gasteiger partial charge in [-0.15, -0.1) is 0 Å². The van der Waals surface area contributed by atoms with E-state index >= 15 is 0 Å². The van der Waals surface area contributed by atoms with Crippen molar-refractivity contribution in [2.45, 2.75) is 6.54 Å². The highest BCUT2D eigenvalue weighted by molar-refractivity contribution is 5.91. The van der Waals surface area contributed by atoms with Crippen LogP contribution in [0, 0.1) is 5.82 Å². The summed E-state index contributed by atoms with van der Waals surface area (Å²) in [4.78, 5) is 16.3. The Kier molecular flexibility index (Phi) is 4.43. The molecule has 0 unspecified atom stereocenters. The summed E-state index contributed by atoms with van der Waals surface area (Å²) < 4.78 is 12.8. The first-order valence-electron chi connectivity index (χ1n) is 7.27. The highest BCUT2D eigenvalue weighted by Crippen LogP contribution is 2.12. The molecule has 2 aromatic carbocycles. The number of para-hydroxylation sites is 1. The lowest BCUT2D eigenvalue weighted by atomic mass is 10.2. The van der Waals surface area contributed by atoms with Crippen LogP contribution in [-0.4, -0.2) is 10.9 Å². The Morgan fingerprint density at radius 2 is 1.83 bits per heavy atom. The number of nitrogens with zero attached hydrogens (tertiary/aromatic N) is 1. The maximum Gasteiger partial charge on any atom is 0.244 e. The SMILES string of the molecule is O=C(C=Cc1ccc2ccccc2n1)NCc1ccc(F)cc1. The zero-order valence-corrected chi connectivity index (χ0v) is 12.4. The number of hydrogen-bond donors (Lipinski definition) is 1. The maximum atomic E-state index is 12.8. The molecule has 0 saturated heterocycles. The number of hydrogen-bond acceptors (Lipinski definition) is 2. The van der Waals surface area contributed by atoms with Gasteiger partial charge in [-0.05, 0) is 35.9 Å². The third-order valence-corrected chi connectivity index (χ3v) is 3.41. The minimum absolute atomic E-state index is 0.218. The number of rotatable bonds is 4. The Labute approximate surface area is 133 Å². The Morgan fingerprint density at radius 1 is 1.04 bits per heavy atom. The molecule has 3 nitrogen and oxygen atoms in total. The van der Waals surface area contributed by atoms with E-state index in [4.69, 9.17) is 0 Å². The molecular weight excluding hydrogens is 291 g/mol. The second kappa shape index (κ2) is 6.83. The Balaban J connectivity index is 1.61. The zero-order valence-electron chi connectivity index (χ0n) is 12.4. The topological polar surface area (TPSA) is 42.0 Å². The second-order valence-corrected chi connectivity index (χ2v) is 5.11. The van der Waals surface area contributed by atoms with Crippen LogP contribution in [0.25, 0.3) is 17.0 Å². The van der Waals surface area contributed by atoms with Crippen LogP contribution in [0.15, 0.2) is 66.7 Å². The van der Waals surface area contributed by atoms with Gasteiger partial charge >= 0.3 is 0 Å². The number of carbonyl (C=O) groups is 1. The van der Waals surface area contributed by atoms with Gasteiger partial charge in [0.25, 0.3) is 0 Å². The van der Waals surface area contributed by atoms with Crippen LogP contribution in [-0.2, 0) is 11.3 Å². The lowest BCUT2D eigenvalue weighted by Gasteiger charge is -2.02. The number of benzene rings is 2.